The summed E-state index contributed by atoms with van der Waals surface area (Å²) in [6, 6.07) is 0. The minimum atomic E-state index is -0.487. The van der Waals surface area contributed by atoms with Crippen LogP contribution in [-0.2, 0) is 9.47 Å². The Hall–Kier alpha value is -0.730. The summed E-state index contributed by atoms with van der Waals surface area (Å²) in [6.07, 6.45) is 6.92. The molecule has 3 nitrogen and oxygen atoms in total. The molecule has 0 atom stereocenters. The highest BCUT2D eigenvalue weighted by Crippen LogP contribution is 2.60. The average Bonchev–Trinajstić information content (AvgIpc) is 2.33. The van der Waals surface area contributed by atoms with Crippen molar-refractivity contribution in [2.45, 2.75) is 51.0 Å². The fraction of sp³-hybridized carbons (Fsp3) is 0.929. The smallest absolute Gasteiger partial charge is 0.438 e. The second-order valence-electron chi connectivity index (χ2n) is 6.17. The van der Waals surface area contributed by atoms with Crippen LogP contribution in [-0.4, -0.2) is 18.9 Å². The van der Waals surface area contributed by atoms with Gasteiger partial charge in [-0.05, 0) is 62.2 Å². The Morgan fingerprint density at radius 1 is 1.12 bits per heavy atom. The standard InChI is InChI=1S/C14H22O3/c1-3-14(17-13(15)16-2)11-5-9-4-10(7-11)8-12(14)6-9/h9-12H,3-8H2,1-2H3. The first-order valence-corrected chi connectivity index (χ1v) is 6.95. The monoisotopic (exact) mass is 238 g/mol. The first kappa shape index (κ1) is 11.4. The summed E-state index contributed by atoms with van der Waals surface area (Å²) in [6.45, 7) is 2.16. The molecule has 0 N–H and O–H groups in total. The maximum atomic E-state index is 11.5. The molecule has 0 heterocycles. The second kappa shape index (κ2) is 3.89. The van der Waals surface area contributed by atoms with Crippen LogP contribution < -0.4 is 0 Å². The molecule has 0 aromatic rings. The van der Waals surface area contributed by atoms with Crippen molar-refractivity contribution in [3.05, 3.63) is 0 Å². The van der Waals surface area contributed by atoms with Gasteiger partial charge in [0.05, 0.1) is 7.11 Å². The van der Waals surface area contributed by atoms with Crippen LogP contribution in [0.15, 0.2) is 0 Å². The average molecular weight is 238 g/mol. The van der Waals surface area contributed by atoms with Gasteiger partial charge in [-0.15, -0.1) is 0 Å². The first-order chi connectivity index (χ1) is 8.18. The first-order valence-electron chi connectivity index (χ1n) is 6.95. The quantitative estimate of drug-likeness (QED) is 0.692. The van der Waals surface area contributed by atoms with Crippen LogP contribution in [0.3, 0.4) is 0 Å². The van der Waals surface area contributed by atoms with Crippen LogP contribution in [0, 0.1) is 23.7 Å². The highest BCUT2D eigenvalue weighted by Gasteiger charge is 2.58. The minimum absolute atomic E-state index is 0.208. The van der Waals surface area contributed by atoms with Crippen molar-refractivity contribution in [2.75, 3.05) is 7.11 Å². The molecule has 0 radical (unpaired) electrons. The molecule has 0 saturated heterocycles. The normalized spacial score (nSPS) is 46.9. The zero-order chi connectivity index (χ0) is 12.0. The van der Waals surface area contributed by atoms with Crippen LogP contribution in [0.1, 0.15) is 45.4 Å². The van der Waals surface area contributed by atoms with Crippen LogP contribution in [0.25, 0.3) is 0 Å². The van der Waals surface area contributed by atoms with Crippen LogP contribution in [0.2, 0.25) is 0 Å². The van der Waals surface area contributed by atoms with Gasteiger partial charge in [0.2, 0.25) is 0 Å². The summed E-state index contributed by atoms with van der Waals surface area (Å²) in [4.78, 5) is 11.5. The lowest BCUT2D eigenvalue weighted by Gasteiger charge is -2.59. The Balaban J connectivity index is 1.86. The van der Waals surface area contributed by atoms with Crippen molar-refractivity contribution < 1.29 is 14.3 Å². The van der Waals surface area contributed by atoms with Gasteiger partial charge in [-0.1, -0.05) is 6.92 Å². The van der Waals surface area contributed by atoms with Crippen LogP contribution in [0.4, 0.5) is 4.79 Å². The summed E-state index contributed by atoms with van der Waals surface area (Å²) < 4.78 is 10.5. The van der Waals surface area contributed by atoms with E-state index in [1.165, 1.54) is 39.2 Å². The van der Waals surface area contributed by atoms with Crippen molar-refractivity contribution in [1.82, 2.24) is 0 Å². The molecular formula is C14H22O3. The summed E-state index contributed by atoms with van der Waals surface area (Å²) in [7, 11) is 1.40. The molecule has 17 heavy (non-hydrogen) atoms. The predicted molar refractivity (Wildman–Crippen MR) is 63.6 cm³/mol. The fourth-order valence-corrected chi connectivity index (χ4v) is 4.99. The van der Waals surface area contributed by atoms with Crippen LogP contribution >= 0.6 is 0 Å². The Morgan fingerprint density at radius 2 is 1.65 bits per heavy atom. The molecule has 4 fully saturated rings. The number of ether oxygens (including phenoxy) is 2. The van der Waals surface area contributed by atoms with E-state index in [-0.39, 0.29) is 5.60 Å². The molecular weight excluding hydrogens is 216 g/mol. The maximum absolute atomic E-state index is 11.5. The van der Waals surface area contributed by atoms with Gasteiger partial charge in [-0.25, -0.2) is 4.79 Å². The molecule has 0 aromatic heterocycles. The van der Waals surface area contributed by atoms with Gasteiger partial charge in [0.1, 0.15) is 5.60 Å². The molecule has 4 aliphatic carbocycles. The zero-order valence-corrected chi connectivity index (χ0v) is 10.8. The third kappa shape index (κ3) is 1.58. The van der Waals surface area contributed by atoms with Gasteiger partial charge in [0.15, 0.2) is 0 Å². The number of carbonyl (C=O) groups excluding carboxylic acids is 1. The second-order valence-corrected chi connectivity index (χ2v) is 6.17. The minimum Gasteiger partial charge on any atom is -0.438 e. The number of methoxy groups -OCH3 is 1. The van der Waals surface area contributed by atoms with E-state index in [1.807, 2.05) is 0 Å². The Bertz CT molecular complexity index is 295. The van der Waals surface area contributed by atoms with Crippen molar-refractivity contribution >= 4 is 6.16 Å². The molecule has 4 saturated carbocycles. The van der Waals surface area contributed by atoms with Crippen LogP contribution in [0.5, 0.6) is 0 Å². The highest BCUT2D eigenvalue weighted by molar-refractivity contribution is 5.60. The highest BCUT2D eigenvalue weighted by atomic mass is 16.7. The van der Waals surface area contributed by atoms with E-state index in [2.05, 4.69) is 6.92 Å². The van der Waals surface area contributed by atoms with Gasteiger partial charge in [-0.3, -0.25) is 0 Å². The Kier molecular flexibility index (Phi) is 2.60. The number of carbonyl (C=O) groups is 1. The van der Waals surface area contributed by atoms with Crippen molar-refractivity contribution in [1.29, 1.82) is 0 Å². The van der Waals surface area contributed by atoms with Gasteiger partial charge in [-0.2, -0.15) is 0 Å². The fourth-order valence-electron chi connectivity index (χ4n) is 4.99. The molecule has 96 valence electrons. The summed E-state index contributed by atoms with van der Waals surface area (Å²) >= 11 is 0. The molecule has 0 spiro atoms. The van der Waals surface area contributed by atoms with E-state index >= 15 is 0 Å². The largest absolute Gasteiger partial charge is 0.508 e. The molecule has 3 heteroatoms. The number of hydrogen-bond donors (Lipinski definition) is 0. The molecule has 4 rings (SSSR count). The molecule has 0 aliphatic heterocycles. The lowest BCUT2D eigenvalue weighted by Crippen LogP contribution is -2.59. The van der Waals surface area contributed by atoms with Crippen molar-refractivity contribution in [3.8, 4) is 0 Å². The van der Waals surface area contributed by atoms with E-state index in [0.29, 0.717) is 11.8 Å². The van der Waals surface area contributed by atoms with E-state index in [1.54, 1.807) is 0 Å². The lowest BCUT2D eigenvalue weighted by molar-refractivity contribution is -0.184. The Labute approximate surface area is 103 Å². The van der Waals surface area contributed by atoms with E-state index < -0.39 is 6.16 Å². The van der Waals surface area contributed by atoms with Crippen molar-refractivity contribution in [2.24, 2.45) is 23.7 Å². The number of hydrogen-bond acceptors (Lipinski definition) is 3. The van der Waals surface area contributed by atoms with E-state index in [9.17, 15) is 4.79 Å². The van der Waals surface area contributed by atoms with E-state index in [4.69, 9.17) is 9.47 Å². The van der Waals surface area contributed by atoms with Gasteiger partial charge in [0.25, 0.3) is 0 Å². The topological polar surface area (TPSA) is 35.5 Å². The Morgan fingerprint density at radius 3 is 2.06 bits per heavy atom. The van der Waals surface area contributed by atoms with Gasteiger partial charge < -0.3 is 9.47 Å². The van der Waals surface area contributed by atoms with Gasteiger partial charge in [0, 0.05) is 0 Å². The lowest BCUT2D eigenvalue weighted by atomic mass is 9.49. The molecule has 4 bridgehead atoms. The molecule has 0 amide bonds. The molecule has 4 aliphatic rings. The maximum Gasteiger partial charge on any atom is 0.508 e. The number of rotatable bonds is 2. The summed E-state index contributed by atoms with van der Waals surface area (Å²) in [5.74, 6) is 2.97. The summed E-state index contributed by atoms with van der Waals surface area (Å²) in [5, 5.41) is 0. The van der Waals surface area contributed by atoms with E-state index in [0.717, 1.165) is 18.3 Å². The molecule has 0 unspecified atom stereocenters. The van der Waals surface area contributed by atoms with Gasteiger partial charge >= 0.3 is 6.16 Å². The zero-order valence-electron chi connectivity index (χ0n) is 10.8. The molecule has 0 aromatic carbocycles. The predicted octanol–water partition coefficient (Wildman–Crippen LogP) is 3.37. The third-order valence-electron chi connectivity index (χ3n) is 5.51. The SMILES string of the molecule is CCC1(OC(=O)OC)C2CC3CC(C2)CC1C3. The summed E-state index contributed by atoms with van der Waals surface area (Å²) in [5.41, 5.74) is -0.208. The third-order valence-corrected chi connectivity index (χ3v) is 5.51. The van der Waals surface area contributed by atoms with Crippen molar-refractivity contribution in [3.63, 3.8) is 0 Å².